The highest BCUT2D eigenvalue weighted by atomic mass is 16.5. The molecule has 7 heteroatoms. The Kier molecular flexibility index (Phi) is 6.54. The lowest BCUT2D eigenvalue weighted by Crippen LogP contribution is -2.48. The number of likely N-dealkylation sites (tertiary alicyclic amines) is 2. The van der Waals surface area contributed by atoms with Crippen LogP contribution in [0.1, 0.15) is 38.5 Å². The molecule has 4 rings (SSSR count). The summed E-state index contributed by atoms with van der Waals surface area (Å²) in [6, 6.07) is 7.58. The standard InChI is InChI=1S/C22H31N3O4/c26-21(17-6-4-12-25(15-17)22(27)24-10-1-2-11-24)23-18-7-3-8-19(14-18)29-16-20-9-5-13-28-20/h3,7-8,14,17,20H,1-2,4-6,9-13,15-16H2,(H,23,26)/t17-,20-/m1/s1. The topological polar surface area (TPSA) is 71.1 Å². The number of nitrogens with zero attached hydrogens (tertiary/aromatic N) is 2. The Morgan fingerprint density at radius 3 is 2.69 bits per heavy atom. The van der Waals surface area contributed by atoms with Crippen molar-refractivity contribution in [3.05, 3.63) is 24.3 Å². The molecule has 1 aromatic carbocycles. The van der Waals surface area contributed by atoms with Gasteiger partial charge in [0, 0.05) is 44.5 Å². The molecule has 2 atom stereocenters. The number of anilines is 1. The van der Waals surface area contributed by atoms with E-state index in [0.717, 1.165) is 76.2 Å². The first-order valence-corrected chi connectivity index (χ1v) is 10.9. The van der Waals surface area contributed by atoms with Crippen LogP contribution in [-0.4, -0.2) is 67.2 Å². The third-order valence-corrected chi connectivity index (χ3v) is 6.00. The molecule has 3 aliphatic rings. The molecule has 29 heavy (non-hydrogen) atoms. The molecule has 1 N–H and O–H groups in total. The Balaban J connectivity index is 1.30. The highest BCUT2D eigenvalue weighted by molar-refractivity contribution is 5.93. The van der Waals surface area contributed by atoms with E-state index in [4.69, 9.17) is 9.47 Å². The summed E-state index contributed by atoms with van der Waals surface area (Å²) in [6.45, 7) is 4.26. The summed E-state index contributed by atoms with van der Waals surface area (Å²) in [7, 11) is 0. The van der Waals surface area contributed by atoms with Gasteiger partial charge in [0.25, 0.3) is 0 Å². The molecule has 0 aliphatic carbocycles. The normalized spacial score (nSPS) is 24.6. The molecular weight excluding hydrogens is 370 g/mol. The van der Waals surface area contributed by atoms with Crippen LogP contribution in [-0.2, 0) is 9.53 Å². The van der Waals surface area contributed by atoms with Crippen molar-refractivity contribution >= 4 is 17.6 Å². The first kappa shape index (κ1) is 20.0. The van der Waals surface area contributed by atoms with Gasteiger partial charge in [-0.1, -0.05) is 6.07 Å². The van der Waals surface area contributed by atoms with E-state index in [0.29, 0.717) is 13.2 Å². The number of hydrogen-bond acceptors (Lipinski definition) is 4. The van der Waals surface area contributed by atoms with Gasteiger partial charge in [0.05, 0.1) is 12.0 Å². The van der Waals surface area contributed by atoms with Crippen molar-refractivity contribution in [1.29, 1.82) is 0 Å². The Labute approximate surface area is 172 Å². The lowest BCUT2D eigenvalue weighted by molar-refractivity contribution is -0.121. The smallest absolute Gasteiger partial charge is 0.320 e. The van der Waals surface area contributed by atoms with Gasteiger partial charge >= 0.3 is 6.03 Å². The van der Waals surface area contributed by atoms with E-state index < -0.39 is 0 Å². The van der Waals surface area contributed by atoms with Crippen LogP contribution in [0.4, 0.5) is 10.5 Å². The maximum atomic E-state index is 12.8. The summed E-state index contributed by atoms with van der Waals surface area (Å²) >= 11 is 0. The van der Waals surface area contributed by atoms with Crippen LogP contribution >= 0.6 is 0 Å². The van der Waals surface area contributed by atoms with Crippen molar-refractivity contribution in [3.63, 3.8) is 0 Å². The second kappa shape index (κ2) is 9.48. The van der Waals surface area contributed by atoms with Crippen LogP contribution in [0.25, 0.3) is 0 Å². The van der Waals surface area contributed by atoms with Crippen molar-refractivity contribution in [2.45, 2.75) is 44.6 Å². The van der Waals surface area contributed by atoms with E-state index in [2.05, 4.69) is 5.32 Å². The zero-order valence-electron chi connectivity index (χ0n) is 17.0. The van der Waals surface area contributed by atoms with E-state index in [1.807, 2.05) is 34.1 Å². The number of benzene rings is 1. The number of ether oxygens (including phenoxy) is 2. The monoisotopic (exact) mass is 401 g/mol. The predicted octanol–water partition coefficient (Wildman–Crippen LogP) is 3.11. The van der Waals surface area contributed by atoms with Crippen LogP contribution < -0.4 is 10.1 Å². The molecule has 0 aromatic heterocycles. The lowest BCUT2D eigenvalue weighted by Gasteiger charge is -2.34. The van der Waals surface area contributed by atoms with E-state index in [1.165, 1.54) is 0 Å². The Morgan fingerprint density at radius 1 is 1.07 bits per heavy atom. The number of rotatable bonds is 5. The Morgan fingerprint density at radius 2 is 1.90 bits per heavy atom. The van der Waals surface area contributed by atoms with Crippen molar-refractivity contribution in [2.75, 3.05) is 44.7 Å². The minimum atomic E-state index is -0.174. The van der Waals surface area contributed by atoms with E-state index in [1.54, 1.807) is 0 Å². The first-order chi connectivity index (χ1) is 14.2. The van der Waals surface area contributed by atoms with Gasteiger partial charge in [0.15, 0.2) is 0 Å². The van der Waals surface area contributed by atoms with E-state index in [9.17, 15) is 9.59 Å². The second-order valence-electron chi connectivity index (χ2n) is 8.23. The van der Waals surface area contributed by atoms with Crippen LogP contribution in [0.5, 0.6) is 5.75 Å². The number of piperidine rings is 1. The van der Waals surface area contributed by atoms with Crippen molar-refractivity contribution < 1.29 is 19.1 Å². The summed E-state index contributed by atoms with van der Waals surface area (Å²) in [5, 5.41) is 3.01. The Bertz CT molecular complexity index is 714. The minimum Gasteiger partial charge on any atom is -0.491 e. The third-order valence-electron chi connectivity index (χ3n) is 6.00. The molecule has 3 amide bonds. The van der Waals surface area contributed by atoms with Crippen LogP contribution in [0, 0.1) is 5.92 Å². The highest BCUT2D eigenvalue weighted by Gasteiger charge is 2.31. The molecule has 0 radical (unpaired) electrons. The van der Waals surface area contributed by atoms with Crippen LogP contribution in [0.2, 0.25) is 0 Å². The van der Waals surface area contributed by atoms with Crippen LogP contribution in [0.3, 0.4) is 0 Å². The van der Waals surface area contributed by atoms with Gasteiger partial charge < -0.3 is 24.6 Å². The molecule has 3 heterocycles. The fourth-order valence-corrected chi connectivity index (χ4v) is 4.35. The van der Waals surface area contributed by atoms with E-state index in [-0.39, 0.29) is 24.0 Å². The highest BCUT2D eigenvalue weighted by Crippen LogP contribution is 2.23. The molecule has 158 valence electrons. The number of carbonyl (C=O) groups excluding carboxylic acids is 2. The van der Waals surface area contributed by atoms with E-state index >= 15 is 0 Å². The van der Waals surface area contributed by atoms with Gasteiger partial charge in [0.1, 0.15) is 12.4 Å². The quantitative estimate of drug-likeness (QED) is 0.823. The first-order valence-electron chi connectivity index (χ1n) is 10.9. The molecule has 3 saturated heterocycles. The summed E-state index contributed by atoms with van der Waals surface area (Å²) in [5.74, 6) is 0.528. The summed E-state index contributed by atoms with van der Waals surface area (Å²) in [4.78, 5) is 29.2. The SMILES string of the molecule is O=C(Nc1cccc(OC[C@H]2CCCO2)c1)[C@@H]1CCCN(C(=O)N2CCCC2)C1. The third kappa shape index (κ3) is 5.21. The number of nitrogens with one attached hydrogen (secondary N) is 1. The summed E-state index contributed by atoms with van der Waals surface area (Å²) in [5.41, 5.74) is 0.725. The fourth-order valence-electron chi connectivity index (χ4n) is 4.35. The molecule has 0 bridgehead atoms. The lowest BCUT2D eigenvalue weighted by atomic mass is 9.97. The molecule has 0 saturated carbocycles. The van der Waals surface area contributed by atoms with Gasteiger partial charge in [-0.25, -0.2) is 4.79 Å². The number of hydrogen-bond donors (Lipinski definition) is 1. The molecule has 7 nitrogen and oxygen atoms in total. The molecular formula is C22H31N3O4. The number of carbonyl (C=O) groups is 2. The minimum absolute atomic E-state index is 0.0276. The van der Waals surface area contributed by atoms with Crippen molar-refractivity contribution in [1.82, 2.24) is 9.80 Å². The summed E-state index contributed by atoms with van der Waals surface area (Å²) < 4.78 is 11.4. The second-order valence-corrected chi connectivity index (χ2v) is 8.23. The van der Waals surface area contributed by atoms with Crippen LogP contribution in [0.15, 0.2) is 24.3 Å². The average Bonchev–Trinajstić information content (AvgIpc) is 3.46. The number of amides is 3. The maximum Gasteiger partial charge on any atom is 0.320 e. The van der Waals surface area contributed by atoms with Crippen molar-refractivity contribution in [3.8, 4) is 5.75 Å². The Hall–Kier alpha value is -2.28. The molecule has 1 aromatic rings. The average molecular weight is 402 g/mol. The number of urea groups is 1. The molecule has 3 aliphatic heterocycles. The molecule has 0 spiro atoms. The fraction of sp³-hybridized carbons (Fsp3) is 0.636. The summed E-state index contributed by atoms with van der Waals surface area (Å²) in [6.07, 6.45) is 6.11. The van der Waals surface area contributed by atoms with Gasteiger partial charge in [-0.05, 0) is 50.7 Å². The maximum absolute atomic E-state index is 12.8. The van der Waals surface area contributed by atoms with Gasteiger partial charge in [-0.2, -0.15) is 0 Å². The van der Waals surface area contributed by atoms with Crippen molar-refractivity contribution in [2.24, 2.45) is 5.92 Å². The predicted molar refractivity (Wildman–Crippen MR) is 110 cm³/mol. The zero-order valence-corrected chi connectivity index (χ0v) is 17.0. The zero-order chi connectivity index (χ0) is 20.1. The van der Waals surface area contributed by atoms with Gasteiger partial charge in [-0.3, -0.25) is 4.79 Å². The molecule has 3 fully saturated rings. The van der Waals surface area contributed by atoms with Gasteiger partial charge in [-0.15, -0.1) is 0 Å². The van der Waals surface area contributed by atoms with Gasteiger partial charge in [0.2, 0.25) is 5.91 Å². The largest absolute Gasteiger partial charge is 0.491 e. The molecule has 0 unspecified atom stereocenters.